The lowest BCUT2D eigenvalue weighted by Gasteiger charge is -2.04. The van der Waals surface area contributed by atoms with Gasteiger partial charge in [-0.25, -0.2) is 4.73 Å². The fourth-order valence-corrected chi connectivity index (χ4v) is 1.61. The number of nitrogens with zero attached hydrogens (tertiary/aromatic N) is 2. The number of fused-ring (bicyclic) bond motifs is 1. The third kappa shape index (κ3) is 1.40. The van der Waals surface area contributed by atoms with Crippen LogP contribution in [0.15, 0.2) is 10.7 Å². The zero-order valence-corrected chi connectivity index (χ0v) is 9.15. The van der Waals surface area contributed by atoms with E-state index in [-0.39, 0.29) is 5.71 Å². The maximum Gasteiger partial charge on any atom is 0.382 e. The van der Waals surface area contributed by atoms with Crippen LogP contribution in [0.2, 0.25) is 0 Å². The third-order valence-electron chi connectivity index (χ3n) is 2.20. The minimum absolute atomic E-state index is 0.127. The fourth-order valence-electron chi connectivity index (χ4n) is 1.61. The summed E-state index contributed by atoms with van der Waals surface area (Å²) >= 11 is 0. The largest absolute Gasteiger partial charge is 0.710 e. The molecule has 0 aromatic carbocycles. The molecule has 2 rings (SSSR count). The molecule has 0 aliphatic carbocycles. The van der Waals surface area contributed by atoms with Gasteiger partial charge in [-0.3, -0.25) is 0 Å². The number of anilines is 2. The van der Waals surface area contributed by atoms with E-state index in [1.54, 1.807) is 0 Å². The van der Waals surface area contributed by atoms with E-state index in [4.69, 9.17) is 4.42 Å². The van der Waals surface area contributed by atoms with Gasteiger partial charge in [-0.1, -0.05) is 0 Å². The summed E-state index contributed by atoms with van der Waals surface area (Å²) in [4.78, 5) is 0. The molecule has 0 saturated carbocycles. The smallest absolute Gasteiger partial charge is 0.382 e. The maximum absolute atomic E-state index is 11.5. The maximum atomic E-state index is 11.5. The van der Waals surface area contributed by atoms with Crippen LogP contribution in [0.3, 0.4) is 0 Å². The van der Waals surface area contributed by atoms with Gasteiger partial charge in [-0.2, -0.15) is 0 Å². The highest BCUT2D eigenvalue weighted by Crippen LogP contribution is 2.32. The molecule has 0 atom stereocenters. The van der Waals surface area contributed by atoms with Crippen molar-refractivity contribution in [2.24, 2.45) is 0 Å². The van der Waals surface area contributed by atoms with Crippen LogP contribution in [0.5, 0.6) is 0 Å². The average Bonchev–Trinajstić information content (AvgIpc) is 2.70. The van der Waals surface area contributed by atoms with E-state index in [0.29, 0.717) is 39.6 Å². The lowest BCUT2D eigenvalue weighted by atomic mass is 10.4. The summed E-state index contributed by atoms with van der Waals surface area (Å²) in [5.41, 5.74) is 0.990. The number of aromatic nitrogens is 2. The normalized spacial score (nSPS) is 10.9. The first-order chi connectivity index (χ1) is 7.69. The van der Waals surface area contributed by atoms with Gasteiger partial charge in [0.15, 0.2) is 5.69 Å². The molecule has 16 heavy (non-hydrogen) atoms. The molecule has 3 N–H and O–H groups in total. The average molecular weight is 226 g/mol. The second-order valence-corrected chi connectivity index (χ2v) is 3.31. The van der Waals surface area contributed by atoms with E-state index in [1.165, 1.54) is 0 Å². The van der Waals surface area contributed by atoms with E-state index in [1.807, 2.05) is 13.8 Å². The molecule has 2 aromatic heterocycles. The summed E-state index contributed by atoms with van der Waals surface area (Å²) in [7, 11) is 0. The molecular formula is C9H14N4O3. The zero-order valence-electron chi connectivity index (χ0n) is 9.15. The van der Waals surface area contributed by atoms with Crippen molar-refractivity contribution in [3.05, 3.63) is 11.5 Å². The van der Waals surface area contributed by atoms with Crippen LogP contribution in [0.4, 0.5) is 11.6 Å². The van der Waals surface area contributed by atoms with Gasteiger partial charge in [0.25, 0.3) is 6.33 Å². The molecule has 0 unspecified atom stereocenters. The van der Waals surface area contributed by atoms with Gasteiger partial charge >= 0.3 is 5.71 Å². The molecule has 0 aliphatic rings. The highest BCUT2D eigenvalue weighted by Gasteiger charge is 2.25. The molecule has 0 amide bonds. The van der Waals surface area contributed by atoms with Crippen molar-refractivity contribution in [3.8, 4) is 0 Å². The topological polar surface area (TPSA) is 89.3 Å². The minimum Gasteiger partial charge on any atom is -0.710 e. The number of nitrogens with one attached hydrogen (secondary N) is 2. The summed E-state index contributed by atoms with van der Waals surface area (Å²) in [6, 6.07) is 0. The molecule has 7 nitrogen and oxygen atoms in total. The van der Waals surface area contributed by atoms with Crippen LogP contribution in [0.25, 0.3) is 11.2 Å². The number of hydrogen-bond acceptors (Lipinski definition) is 5. The summed E-state index contributed by atoms with van der Waals surface area (Å²) in [5, 5.41) is 27.0. The van der Waals surface area contributed by atoms with Crippen LogP contribution in [0, 0.1) is 5.21 Å². The van der Waals surface area contributed by atoms with E-state index in [2.05, 4.69) is 10.6 Å². The third-order valence-corrected chi connectivity index (χ3v) is 2.20. The summed E-state index contributed by atoms with van der Waals surface area (Å²) in [6.45, 7) is 5.16. The Balaban J connectivity index is 2.62. The second-order valence-electron chi connectivity index (χ2n) is 3.31. The molecular weight excluding hydrogens is 212 g/mol. The van der Waals surface area contributed by atoms with Crippen LogP contribution >= 0.6 is 0 Å². The van der Waals surface area contributed by atoms with Crippen molar-refractivity contribution in [2.75, 3.05) is 23.7 Å². The van der Waals surface area contributed by atoms with Crippen LogP contribution in [-0.2, 0) is 0 Å². The van der Waals surface area contributed by atoms with E-state index < -0.39 is 0 Å². The number of furan rings is 1. The molecule has 2 aromatic rings. The van der Waals surface area contributed by atoms with Gasteiger partial charge in [-0.15, -0.1) is 0 Å². The molecule has 0 spiro atoms. The first-order valence-electron chi connectivity index (χ1n) is 5.13. The Labute approximate surface area is 91.8 Å². The van der Waals surface area contributed by atoms with Crippen molar-refractivity contribution in [3.63, 3.8) is 0 Å². The molecule has 0 fully saturated rings. The zero-order chi connectivity index (χ0) is 11.7. The molecule has 0 aliphatic heterocycles. The Hall–Kier alpha value is -2.05. The molecule has 0 bridgehead atoms. The number of imidazole rings is 1. The van der Waals surface area contributed by atoms with Gasteiger partial charge in [0.2, 0.25) is 11.4 Å². The lowest BCUT2D eigenvalue weighted by molar-refractivity contribution is -0.579. The first-order valence-corrected chi connectivity index (χ1v) is 5.13. The van der Waals surface area contributed by atoms with Crippen LogP contribution in [0.1, 0.15) is 13.8 Å². The Morgan fingerprint density at radius 1 is 1.44 bits per heavy atom. The number of hydrogen-bond donors (Lipinski definition) is 3. The molecule has 0 radical (unpaired) electrons. The minimum atomic E-state index is 0.127. The van der Waals surface area contributed by atoms with Crippen molar-refractivity contribution in [2.45, 2.75) is 13.8 Å². The Morgan fingerprint density at radius 3 is 2.75 bits per heavy atom. The highest BCUT2D eigenvalue weighted by atomic mass is 16.5. The van der Waals surface area contributed by atoms with Gasteiger partial charge in [-0.05, 0) is 18.6 Å². The van der Waals surface area contributed by atoms with E-state index in [9.17, 15) is 10.4 Å². The van der Waals surface area contributed by atoms with Gasteiger partial charge in [0.05, 0.1) is 0 Å². The van der Waals surface area contributed by atoms with E-state index >= 15 is 0 Å². The number of rotatable bonds is 4. The van der Waals surface area contributed by atoms with Crippen LogP contribution in [-0.4, -0.2) is 23.0 Å². The Kier molecular flexibility index (Phi) is 2.51. The van der Waals surface area contributed by atoms with Gasteiger partial charge in [0.1, 0.15) is 0 Å². The van der Waals surface area contributed by atoms with Crippen molar-refractivity contribution >= 4 is 22.8 Å². The van der Waals surface area contributed by atoms with Crippen molar-refractivity contribution in [1.29, 1.82) is 0 Å². The fraction of sp³-hybridized carbons (Fsp3) is 0.444. The lowest BCUT2D eigenvalue weighted by Crippen LogP contribution is -2.24. The quantitative estimate of drug-likeness (QED) is 0.410. The molecule has 88 valence electrons. The predicted octanol–water partition coefficient (Wildman–Crippen LogP) is 0.969. The highest BCUT2D eigenvalue weighted by molar-refractivity contribution is 5.90. The Bertz CT molecular complexity index is 502. The second kappa shape index (κ2) is 3.84. The van der Waals surface area contributed by atoms with Crippen molar-refractivity contribution in [1.82, 2.24) is 4.73 Å². The summed E-state index contributed by atoms with van der Waals surface area (Å²) in [5.74, 6) is 0.461. The molecule has 2 heterocycles. The standard InChI is InChI=1S/C9H14N4O3/c1-3-10-6-7-9(13(15)5-12(7)14)16-8(6)11-4-2/h5,10-11,15H,3-4H2,1-2H3. The summed E-state index contributed by atoms with van der Waals surface area (Å²) < 4.78 is 6.60. The monoisotopic (exact) mass is 226 g/mol. The predicted molar refractivity (Wildman–Crippen MR) is 58.7 cm³/mol. The van der Waals surface area contributed by atoms with Crippen molar-refractivity contribution < 1.29 is 14.4 Å². The van der Waals surface area contributed by atoms with Gasteiger partial charge < -0.3 is 25.5 Å². The summed E-state index contributed by atoms with van der Waals surface area (Å²) in [6.07, 6.45) is 1.00. The van der Waals surface area contributed by atoms with Crippen LogP contribution < -0.4 is 15.4 Å². The SMILES string of the molecule is CCNc1oc2c(c1NCC)[n+]([O-])cn2O. The van der Waals surface area contributed by atoms with E-state index in [0.717, 1.165) is 6.33 Å². The molecule has 7 heteroatoms. The molecule has 0 saturated heterocycles. The van der Waals surface area contributed by atoms with Gasteiger partial charge in [0, 0.05) is 13.1 Å². The first kappa shape index (κ1) is 10.5. The Morgan fingerprint density at radius 2 is 2.12 bits per heavy atom.